The standard InChI is InChI=1S/C12H18N2/c1-9-4-5-10(7-12(9)13)11-3-2-6-14-8-11/h4-5,7,11,14H,2-3,6,8,13H2,1H3/t11-/m0/s1. The summed E-state index contributed by atoms with van der Waals surface area (Å²) in [6.45, 7) is 4.32. The molecule has 2 rings (SSSR count). The van der Waals surface area contributed by atoms with Gasteiger partial charge in [-0.15, -0.1) is 0 Å². The molecule has 1 aliphatic heterocycles. The quantitative estimate of drug-likeness (QED) is 0.665. The second-order valence-corrected chi connectivity index (χ2v) is 4.16. The van der Waals surface area contributed by atoms with Crippen molar-refractivity contribution < 1.29 is 0 Å². The molecule has 3 N–H and O–H groups in total. The largest absolute Gasteiger partial charge is 0.399 e. The molecular weight excluding hydrogens is 172 g/mol. The predicted molar refractivity (Wildman–Crippen MR) is 60.4 cm³/mol. The number of nitrogens with two attached hydrogens (primary N) is 1. The molecule has 0 saturated carbocycles. The van der Waals surface area contributed by atoms with E-state index in [1.807, 2.05) is 0 Å². The van der Waals surface area contributed by atoms with Gasteiger partial charge in [-0.2, -0.15) is 0 Å². The highest BCUT2D eigenvalue weighted by Gasteiger charge is 2.15. The van der Waals surface area contributed by atoms with E-state index >= 15 is 0 Å². The summed E-state index contributed by atoms with van der Waals surface area (Å²) in [6, 6.07) is 6.47. The van der Waals surface area contributed by atoms with Gasteiger partial charge in [0.1, 0.15) is 0 Å². The number of nitrogen functional groups attached to an aromatic ring is 1. The summed E-state index contributed by atoms with van der Waals surface area (Å²) in [6.07, 6.45) is 2.56. The van der Waals surface area contributed by atoms with E-state index in [4.69, 9.17) is 5.73 Å². The average molecular weight is 190 g/mol. The summed E-state index contributed by atoms with van der Waals surface area (Å²) in [4.78, 5) is 0. The summed E-state index contributed by atoms with van der Waals surface area (Å²) in [5, 5.41) is 3.43. The number of anilines is 1. The minimum absolute atomic E-state index is 0.659. The lowest BCUT2D eigenvalue weighted by molar-refractivity contribution is 0.462. The van der Waals surface area contributed by atoms with Gasteiger partial charge in [0.15, 0.2) is 0 Å². The maximum atomic E-state index is 5.91. The second-order valence-electron chi connectivity index (χ2n) is 4.16. The Balaban J connectivity index is 2.18. The summed E-state index contributed by atoms with van der Waals surface area (Å²) in [7, 11) is 0. The van der Waals surface area contributed by atoms with Gasteiger partial charge in [0.05, 0.1) is 0 Å². The highest BCUT2D eigenvalue weighted by molar-refractivity contribution is 5.49. The van der Waals surface area contributed by atoms with E-state index in [2.05, 4.69) is 30.4 Å². The van der Waals surface area contributed by atoms with Gasteiger partial charge in [0.25, 0.3) is 0 Å². The lowest BCUT2D eigenvalue weighted by Gasteiger charge is -2.23. The molecule has 1 aromatic carbocycles. The van der Waals surface area contributed by atoms with Crippen LogP contribution in [0.3, 0.4) is 0 Å². The van der Waals surface area contributed by atoms with Crippen LogP contribution in [-0.4, -0.2) is 13.1 Å². The Morgan fingerprint density at radius 2 is 2.29 bits per heavy atom. The lowest BCUT2D eigenvalue weighted by Crippen LogP contribution is -2.28. The number of nitrogens with one attached hydrogen (secondary N) is 1. The molecule has 14 heavy (non-hydrogen) atoms. The fraction of sp³-hybridized carbons (Fsp3) is 0.500. The van der Waals surface area contributed by atoms with Gasteiger partial charge in [-0.25, -0.2) is 0 Å². The molecule has 0 aromatic heterocycles. The van der Waals surface area contributed by atoms with Crippen LogP contribution in [0.15, 0.2) is 18.2 Å². The highest BCUT2D eigenvalue weighted by atomic mass is 14.9. The molecule has 2 nitrogen and oxygen atoms in total. The van der Waals surface area contributed by atoms with Gasteiger partial charge in [0.2, 0.25) is 0 Å². The molecule has 0 unspecified atom stereocenters. The van der Waals surface area contributed by atoms with Crippen LogP contribution >= 0.6 is 0 Å². The van der Waals surface area contributed by atoms with Crippen molar-refractivity contribution in [2.45, 2.75) is 25.7 Å². The Bertz CT molecular complexity index is 314. The summed E-state index contributed by atoms with van der Waals surface area (Å²) in [5.41, 5.74) is 9.40. The smallest absolute Gasteiger partial charge is 0.0346 e. The van der Waals surface area contributed by atoms with E-state index in [-0.39, 0.29) is 0 Å². The van der Waals surface area contributed by atoms with Gasteiger partial charge in [-0.05, 0) is 49.4 Å². The Morgan fingerprint density at radius 3 is 2.93 bits per heavy atom. The molecule has 0 amide bonds. The zero-order valence-corrected chi connectivity index (χ0v) is 8.72. The van der Waals surface area contributed by atoms with Crippen molar-refractivity contribution in [2.75, 3.05) is 18.8 Å². The number of benzene rings is 1. The van der Waals surface area contributed by atoms with Crippen LogP contribution in [-0.2, 0) is 0 Å². The molecule has 0 radical (unpaired) electrons. The molecule has 0 aliphatic carbocycles. The molecule has 1 atom stereocenters. The first-order valence-corrected chi connectivity index (χ1v) is 5.34. The van der Waals surface area contributed by atoms with Crippen LogP contribution in [0.5, 0.6) is 0 Å². The molecule has 1 aliphatic rings. The Hall–Kier alpha value is -1.02. The SMILES string of the molecule is Cc1ccc([C@H]2CCCNC2)cc1N. The minimum Gasteiger partial charge on any atom is -0.399 e. The third-order valence-electron chi connectivity index (χ3n) is 3.07. The molecular formula is C12H18N2. The van der Waals surface area contributed by atoms with Crippen molar-refractivity contribution in [3.63, 3.8) is 0 Å². The molecule has 76 valence electrons. The first kappa shape index (κ1) is 9.53. The van der Waals surface area contributed by atoms with E-state index in [0.717, 1.165) is 18.8 Å². The fourth-order valence-electron chi connectivity index (χ4n) is 2.05. The van der Waals surface area contributed by atoms with Crippen molar-refractivity contribution >= 4 is 5.69 Å². The topological polar surface area (TPSA) is 38.0 Å². The number of piperidine rings is 1. The van der Waals surface area contributed by atoms with Gasteiger partial charge in [-0.1, -0.05) is 12.1 Å². The Morgan fingerprint density at radius 1 is 1.43 bits per heavy atom. The van der Waals surface area contributed by atoms with E-state index < -0.39 is 0 Å². The van der Waals surface area contributed by atoms with Crippen molar-refractivity contribution in [3.8, 4) is 0 Å². The van der Waals surface area contributed by atoms with Gasteiger partial charge >= 0.3 is 0 Å². The zero-order valence-electron chi connectivity index (χ0n) is 8.72. The molecule has 0 bridgehead atoms. The highest BCUT2D eigenvalue weighted by Crippen LogP contribution is 2.25. The van der Waals surface area contributed by atoms with Crippen molar-refractivity contribution in [1.82, 2.24) is 5.32 Å². The zero-order chi connectivity index (χ0) is 9.97. The van der Waals surface area contributed by atoms with Gasteiger partial charge in [0, 0.05) is 12.2 Å². The average Bonchev–Trinajstić information content (AvgIpc) is 2.23. The number of aryl methyl sites for hydroxylation is 1. The molecule has 1 saturated heterocycles. The molecule has 0 spiro atoms. The van der Waals surface area contributed by atoms with Crippen molar-refractivity contribution in [3.05, 3.63) is 29.3 Å². The van der Waals surface area contributed by atoms with Crippen molar-refractivity contribution in [2.24, 2.45) is 0 Å². The maximum Gasteiger partial charge on any atom is 0.0346 e. The Labute approximate surface area is 85.5 Å². The van der Waals surface area contributed by atoms with E-state index in [0.29, 0.717) is 5.92 Å². The van der Waals surface area contributed by atoms with Crippen LogP contribution in [0.4, 0.5) is 5.69 Å². The van der Waals surface area contributed by atoms with Crippen LogP contribution in [0.1, 0.15) is 29.9 Å². The van der Waals surface area contributed by atoms with E-state index in [9.17, 15) is 0 Å². The Kier molecular flexibility index (Phi) is 2.73. The summed E-state index contributed by atoms with van der Waals surface area (Å²) >= 11 is 0. The maximum absolute atomic E-state index is 5.91. The van der Waals surface area contributed by atoms with Crippen molar-refractivity contribution in [1.29, 1.82) is 0 Å². The molecule has 1 heterocycles. The predicted octanol–water partition coefficient (Wildman–Crippen LogP) is 2.04. The third kappa shape index (κ3) is 1.90. The third-order valence-corrected chi connectivity index (χ3v) is 3.07. The normalized spacial score (nSPS) is 22.2. The first-order chi connectivity index (χ1) is 6.77. The van der Waals surface area contributed by atoms with E-state index in [1.165, 1.54) is 24.0 Å². The van der Waals surface area contributed by atoms with Crippen LogP contribution in [0.25, 0.3) is 0 Å². The van der Waals surface area contributed by atoms with Crippen LogP contribution in [0.2, 0.25) is 0 Å². The second kappa shape index (κ2) is 4.01. The number of rotatable bonds is 1. The molecule has 1 fully saturated rings. The fourth-order valence-corrected chi connectivity index (χ4v) is 2.05. The van der Waals surface area contributed by atoms with Gasteiger partial charge in [-0.3, -0.25) is 0 Å². The monoisotopic (exact) mass is 190 g/mol. The van der Waals surface area contributed by atoms with Crippen LogP contribution in [0, 0.1) is 6.92 Å². The van der Waals surface area contributed by atoms with Crippen LogP contribution < -0.4 is 11.1 Å². The van der Waals surface area contributed by atoms with Gasteiger partial charge < -0.3 is 11.1 Å². The summed E-state index contributed by atoms with van der Waals surface area (Å²) < 4.78 is 0. The number of hydrogen-bond donors (Lipinski definition) is 2. The first-order valence-electron chi connectivity index (χ1n) is 5.34. The molecule has 1 aromatic rings. The lowest BCUT2D eigenvalue weighted by atomic mass is 9.91. The molecule has 2 heteroatoms. The summed E-state index contributed by atoms with van der Waals surface area (Å²) in [5.74, 6) is 0.659. The van der Waals surface area contributed by atoms with E-state index in [1.54, 1.807) is 0 Å². The minimum atomic E-state index is 0.659. The number of hydrogen-bond acceptors (Lipinski definition) is 2.